The molecule has 2 N–H and O–H groups in total. The van der Waals surface area contributed by atoms with Crippen LogP contribution in [-0.2, 0) is 4.79 Å². The number of nitrogens with one attached hydrogen (secondary N) is 2. The van der Waals surface area contributed by atoms with Crippen molar-refractivity contribution in [2.24, 2.45) is 5.92 Å². The largest absolute Gasteiger partial charge is 0.361 e. The molecule has 1 amide bonds. The number of carbonyl (C=O) groups excluding carboxylic acids is 1. The zero-order valence-corrected chi connectivity index (χ0v) is 15.1. The van der Waals surface area contributed by atoms with Crippen molar-refractivity contribution in [1.29, 1.82) is 0 Å². The Morgan fingerprint density at radius 1 is 1.22 bits per heavy atom. The summed E-state index contributed by atoms with van der Waals surface area (Å²) in [4.78, 5) is 26.0. The molecule has 6 nitrogen and oxygen atoms in total. The van der Waals surface area contributed by atoms with Crippen molar-refractivity contribution in [2.45, 2.75) is 18.4 Å². The molecular formula is C20H18ClN3O3. The number of hydrogen-bond acceptors (Lipinski definition) is 3. The van der Waals surface area contributed by atoms with Crippen LogP contribution in [0.15, 0.2) is 54.7 Å². The van der Waals surface area contributed by atoms with E-state index in [9.17, 15) is 14.9 Å². The molecule has 0 bridgehead atoms. The van der Waals surface area contributed by atoms with Crippen molar-refractivity contribution in [1.82, 2.24) is 10.3 Å². The maximum atomic E-state index is 12.3. The van der Waals surface area contributed by atoms with Crippen molar-refractivity contribution in [3.05, 3.63) is 81.0 Å². The predicted octanol–water partition coefficient (Wildman–Crippen LogP) is 3.73. The molecule has 3 atom stereocenters. The number of nitrogens with zero attached hydrogens (tertiary/aromatic N) is 1. The number of hydrogen-bond donors (Lipinski definition) is 2. The maximum Gasteiger partial charge on any atom is 0.230 e. The quantitative estimate of drug-likeness (QED) is 0.502. The number of nitro groups is 1. The van der Waals surface area contributed by atoms with Crippen LogP contribution in [0.4, 0.5) is 0 Å². The maximum absolute atomic E-state index is 12.3. The molecule has 3 aromatic rings. The smallest absolute Gasteiger partial charge is 0.230 e. The Balaban J connectivity index is 1.62. The van der Waals surface area contributed by atoms with Gasteiger partial charge in [-0.25, -0.2) is 0 Å². The molecule has 1 saturated carbocycles. The summed E-state index contributed by atoms with van der Waals surface area (Å²) < 4.78 is 0. The van der Waals surface area contributed by atoms with Gasteiger partial charge in [0.1, 0.15) is 5.92 Å². The summed E-state index contributed by atoms with van der Waals surface area (Å²) in [6, 6.07) is 14.7. The van der Waals surface area contributed by atoms with Crippen LogP contribution in [0.3, 0.4) is 0 Å². The summed E-state index contributed by atoms with van der Waals surface area (Å²) in [6.07, 6.45) is 2.24. The molecule has 7 heteroatoms. The average Bonchev–Trinajstić information content (AvgIpc) is 3.37. The molecule has 1 fully saturated rings. The molecule has 4 rings (SSSR count). The average molecular weight is 384 g/mol. The van der Waals surface area contributed by atoms with Crippen molar-refractivity contribution in [3.63, 3.8) is 0 Å². The Kier molecular flexibility index (Phi) is 4.58. The second-order valence-corrected chi connectivity index (χ2v) is 7.21. The molecule has 1 aromatic heterocycles. The molecule has 0 aliphatic heterocycles. The van der Waals surface area contributed by atoms with E-state index in [1.54, 1.807) is 0 Å². The number of amides is 1. The summed E-state index contributed by atoms with van der Waals surface area (Å²) in [7, 11) is 0. The first kappa shape index (κ1) is 17.5. The highest BCUT2D eigenvalue weighted by Gasteiger charge is 2.53. The SMILES string of the molecule is O=C(NC[C@H](c1ccccc1Cl)c1c[nH]c2ccccc12)[C@H]1C[C@@H]1[N+](=O)[O-]. The fraction of sp³-hybridized carbons (Fsp3) is 0.250. The third-order valence-electron chi connectivity index (χ3n) is 5.12. The fourth-order valence-corrected chi connectivity index (χ4v) is 3.82. The van der Waals surface area contributed by atoms with E-state index in [1.807, 2.05) is 54.7 Å². The van der Waals surface area contributed by atoms with Crippen LogP contribution in [-0.4, -0.2) is 28.4 Å². The van der Waals surface area contributed by atoms with Crippen LogP contribution in [0.25, 0.3) is 10.9 Å². The summed E-state index contributed by atoms with van der Waals surface area (Å²) >= 11 is 6.43. The number of halogens is 1. The molecular weight excluding hydrogens is 366 g/mol. The molecule has 1 aliphatic carbocycles. The number of rotatable bonds is 6. The van der Waals surface area contributed by atoms with E-state index in [4.69, 9.17) is 11.6 Å². The summed E-state index contributed by atoms with van der Waals surface area (Å²) in [6.45, 7) is 0.325. The molecule has 0 spiro atoms. The molecule has 0 unspecified atom stereocenters. The lowest BCUT2D eigenvalue weighted by Crippen LogP contribution is -2.31. The van der Waals surface area contributed by atoms with E-state index in [2.05, 4.69) is 10.3 Å². The van der Waals surface area contributed by atoms with Crippen LogP contribution in [0.1, 0.15) is 23.5 Å². The van der Waals surface area contributed by atoms with Crippen LogP contribution in [0, 0.1) is 16.0 Å². The number of benzene rings is 2. The van der Waals surface area contributed by atoms with Crippen LogP contribution >= 0.6 is 11.6 Å². The summed E-state index contributed by atoms with van der Waals surface area (Å²) in [5.41, 5.74) is 2.94. The second kappa shape index (κ2) is 7.04. The van der Waals surface area contributed by atoms with Crippen molar-refractivity contribution < 1.29 is 9.72 Å². The van der Waals surface area contributed by atoms with E-state index < -0.39 is 12.0 Å². The van der Waals surface area contributed by atoms with E-state index in [0.29, 0.717) is 18.0 Å². The molecule has 2 aromatic carbocycles. The van der Waals surface area contributed by atoms with Gasteiger partial charge in [0.25, 0.3) is 0 Å². The molecule has 1 heterocycles. The minimum atomic E-state index is -0.753. The van der Waals surface area contributed by atoms with Gasteiger partial charge < -0.3 is 10.3 Å². The van der Waals surface area contributed by atoms with E-state index in [1.165, 1.54) is 0 Å². The minimum Gasteiger partial charge on any atom is -0.361 e. The van der Waals surface area contributed by atoms with Gasteiger partial charge in [0, 0.05) is 45.9 Å². The summed E-state index contributed by atoms with van der Waals surface area (Å²) in [5.74, 6) is -0.963. The van der Waals surface area contributed by atoms with Gasteiger partial charge in [0.2, 0.25) is 11.9 Å². The zero-order chi connectivity index (χ0) is 19.0. The number of para-hydroxylation sites is 1. The Labute approximate surface area is 160 Å². The van der Waals surface area contributed by atoms with Crippen LogP contribution in [0.5, 0.6) is 0 Å². The Bertz CT molecular complexity index is 1020. The first-order valence-corrected chi connectivity index (χ1v) is 9.15. The van der Waals surface area contributed by atoms with Crippen molar-refractivity contribution >= 4 is 28.4 Å². The third kappa shape index (κ3) is 3.40. The predicted molar refractivity (Wildman–Crippen MR) is 103 cm³/mol. The topological polar surface area (TPSA) is 88.0 Å². The first-order valence-electron chi connectivity index (χ1n) is 8.78. The van der Waals surface area contributed by atoms with Crippen molar-refractivity contribution in [3.8, 4) is 0 Å². The Hall–Kier alpha value is -2.86. The Morgan fingerprint density at radius 2 is 1.96 bits per heavy atom. The number of H-pyrrole nitrogens is 1. The number of aromatic amines is 1. The molecule has 27 heavy (non-hydrogen) atoms. The minimum absolute atomic E-state index is 0.161. The van der Waals surface area contributed by atoms with E-state index in [0.717, 1.165) is 22.0 Å². The number of aromatic nitrogens is 1. The normalized spacial score (nSPS) is 19.6. The first-order chi connectivity index (χ1) is 13.1. The molecule has 1 aliphatic rings. The second-order valence-electron chi connectivity index (χ2n) is 6.80. The van der Waals surface area contributed by atoms with Crippen molar-refractivity contribution in [2.75, 3.05) is 6.54 Å². The van der Waals surface area contributed by atoms with Gasteiger partial charge in [0.05, 0.1) is 0 Å². The van der Waals surface area contributed by atoms with Gasteiger partial charge in [-0.2, -0.15) is 0 Å². The highest BCUT2D eigenvalue weighted by Crippen LogP contribution is 2.36. The highest BCUT2D eigenvalue weighted by atomic mass is 35.5. The standard InChI is InChI=1S/C20H18ClN3O3/c21-17-7-3-1-5-12(17)15(11-23-20(25)14-9-19(14)24(26)27)16-10-22-18-8-4-2-6-13(16)18/h1-8,10,14-15,19,22H,9,11H2,(H,23,25)/t14-,15+,19-/m0/s1. The van der Waals surface area contributed by atoms with Gasteiger partial charge in [-0.1, -0.05) is 48.0 Å². The van der Waals surface area contributed by atoms with Crippen LogP contribution < -0.4 is 5.32 Å². The van der Waals surface area contributed by atoms with Crippen LogP contribution in [0.2, 0.25) is 5.02 Å². The Morgan fingerprint density at radius 3 is 2.70 bits per heavy atom. The molecule has 138 valence electrons. The van der Waals surface area contributed by atoms with Gasteiger partial charge in [-0.3, -0.25) is 14.9 Å². The molecule has 0 radical (unpaired) electrons. The monoisotopic (exact) mass is 383 g/mol. The summed E-state index contributed by atoms with van der Waals surface area (Å²) in [5, 5.41) is 15.4. The van der Waals surface area contributed by atoms with E-state index >= 15 is 0 Å². The number of carbonyl (C=O) groups is 1. The molecule has 0 saturated heterocycles. The van der Waals surface area contributed by atoms with Gasteiger partial charge in [0.15, 0.2) is 0 Å². The fourth-order valence-electron chi connectivity index (χ4n) is 3.56. The lowest BCUT2D eigenvalue weighted by Gasteiger charge is -2.19. The van der Waals surface area contributed by atoms with Gasteiger partial charge >= 0.3 is 0 Å². The number of fused-ring (bicyclic) bond motifs is 1. The van der Waals surface area contributed by atoms with Gasteiger partial charge in [-0.15, -0.1) is 0 Å². The highest BCUT2D eigenvalue weighted by molar-refractivity contribution is 6.31. The lowest BCUT2D eigenvalue weighted by atomic mass is 9.90. The van der Waals surface area contributed by atoms with Gasteiger partial charge in [-0.05, 0) is 23.3 Å². The zero-order valence-electron chi connectivity index (χ0n) is 14.4. The van der Waals surface area contributed by atoms with E-state index in [-0.39, 0.29) is 16.7 Å². The third-order valence-corrected chi connectivity index (χ3v) is 5.47. The lowest BCUT2D eigenvalue weighted by molar-refractivity contribution is -0.497.